The van der Waals surface area contributed by atoms with Crippen molar-refractivity contribution in [3.63, 3.8) is 0 Å². The molecule has 1 aliphatic rings. The van der Waals surface area contributed by atoms with Gasteiger partial charge in [-0.1, -0.05) is 25.8 Å². The average Bonchev–Trinajstić information content (AvgIpc) is 2.86. The molecule has 0 spiro atoms. The summed E-state index contributed by atoms with van der Waals surface area (Å²) in [5.41, 5.74) is 1.25. The summed E-state index contributed by atoms with van der Waals surface area (Å²) in [5.74, 6) is 1.23. The molecule has 1 aliphatic heterocycles. The van der Waals surface area contributed by atoms with Crippen LogP contribution in [0.4, 0.5) is 5.69 Å². The number of nitrogens with zero attached hydrogens (tertiary/aromatic N) is 1. The van der Waals surface area contributed by atoms with E-state index in [-0.39, 0.29) is 5.91 Å². The molecule has 1 amide bonds. The molecule has 25 heavy (non-hydrogen) atoms. The number of hydrogen-bond donors (Lipinski definition) is 1. The molecule has 0 bridgehead atoms. The van der Waals surface area contributed by atoms with Crippen molar-refractivity contribution in [3.05, 3.63) is 23.8 Å². The molecule has 1 fully saturated rings. The maximum atomic E-state index is 13.0. The quantitative estimate of drug-likeness (QED) is 0.729. The number of benzene rings is 1. The Morgan fingerprint density at radius 1 is 1.20 bits per heavy atom. The van der Waals surface area contributed by atoms with E-state index >= 15 is 0 Å². The lowest BCUT2D eigenvalue weighted by molar-refractivity contribution is -0.113. The highest BCUT2D eigenvalue weighted by atomic mass is 32.2. The summed E-state index contributed by atoms with van der Waals surface area (Å²) in [6, 6.07) is 5.12. The van der Waals surface area contributed by atoms with Crippen LogP contribution in [-0.4, -0.2) is 43.2 Å². The first-order valence-corrected chi connectivity index (χ1v) is 11.5. The molecule has 140 valence electrons. The minimum Gasteiger partial charge on any atom is -0.325 e. The predicted octanol–water partition coefficient (Wildman–Crippen LogP) is 3.64. The van der Waals surface area contributed by atoms with Crippen LogP contribution in [-0.2, 0) is 14.8 Å². The second-order valence-electron chi connectivity index (χ2n) is 6.40. The lowest BCUT2D eigenvalue weighted by Gasteiger charge is -2.21. The van der Waals surface area contributed by atoms with E-state index in [2.05, 4.69) is 12.2 Å². The minimum absolute atomic E-state index is 0.0968. The molecule has 2 rings (SSSR count). The van der Waals surface area contributed by atoms with Crippen LogP contribution in [0.5, 0.6) is 0 Å². The number of sulfonamides is 1. The van der Waals surface area contributed by atoms with Gasteiger partial charge in [0.2, 0.25) is 15.9 Å². The maximum absolute atomic E-state index is 13.0. The van der Waals surface area contributed by atoms with E-state index in [9.17, 15) is 13.2 Å². The smallest absolute Gasteiger partial charge is 0.243 e. The number of nitrogens with one attached hydrogen (secondary N) is 1. The van der Waals surface area contributed by atoms with Crippen molar-refractivity contribution in [2.45, 2.75) is 50.8 Å². The lowest BCUT2D eigenvalue weighted by atomic mass is 10.2. The molecular weight excluding hydrogens is 356 g/mol. The predicted molar refractivity (Wildman–Crippen MR) is 105 cm³/mol. The third-order valence-corrected chi connectivity index (χ3v) is 7.44. The number of aryl methyl sites for hydroxylation is 1. The summed E-state index contributed by atoms with van der Waals surface area (Å²) in [6.45, 7) is 5.02. The number of carbonyl (C=O) groups is 1. The molecule has 7 heteroatoms. The molecule has 0 aromatic heterocycles. The van der Waals surface area contributed by atoms with Gasteiger partial charge in [0.05, 0.1) is 10.6 Å². The monoisotopic (exact) mass is 384 g/mol. The van der Waals surface area contributed by atoms with Crippen molar-refractivity contribution in [1.82, 2.24) is 4.31 Å². The topological polar surface area (TPSA) is 66.5 Å². The van der Waals surface area contributed by atoms with Gasteiger partial charge in [-0.15, -0.1) is 0 Å². The molecule has 0 radical (unpaired) electrons. The van der Waals surface area contributed by atoms with Crippen molar-refractivity contribution in [3.8, 4) is 0 Å². The zero-order valence-electron chi connectivity index (χ0n) is 15.1. The highest BCUT2D eigenvalue weighted by molar-refractivity contribution is 7.99. The minimum atomic E-state index is -3.52. The molecule has 1 heterocycles. The molecular formula is C18H28N2O3S2. The zero-order valence-corrected chi connectivity index (χ0v) is 16.7. The van der Waals surface area contributed by atoms with Crippen LogP contribution in [0.15, 0.2) is 23.1 Å². The molecule has 0 aliphatic carbocycles. The average molecular weight is 385 g/mol. The van der Waals surface area contributed by atoms with Gasteiger partial charge in [0.25, 0.3) is 0 Å². The Hall–Kier alpha value is -1.05. The Balaban J connectivity index is 2.16. The number of hydrogen-bond acceptors (Lipinski definition) is 4. The second kappa shape index (κ2) is 9.59. The van der Waals surface area contributed by atoms with E-state index in [1.165, 1.54) is 0 Å². The largest absolute Gasteiger partial charge is 0.325 e. The maximum Gasteiger partial charge on any atom is 0.243 e. The van der Waals surface area contributed by atoms with Crippen LogP contribution >= 0.6 is 11.8 Å². The van der Waals surface area contributed by atoms with E-state index in [1.54, 1.807) is 41.2 Å². The van der Waals surface area contributed by atoms with Gasteiger partial charge in [-0.2, -0.15) is 16.1 Å². The van der Waals surface area contributed by atoms with Gasteiger partial charge in [0, 0.05) is 18.8 Å². The van der Waals surface area contributed by atoms with Gasteiger partial charge in [-0.3, -0.25) is 4.79 Å². The highest BCUT2D eigenvalue weighted by Crippen LogP contribution is 2.26. The summed E-state index contributed by atoms with van der Waals surface area (Å²) >= 11 is 1.58. The fourth-order valence-corrected chi connectivity index (χ4v) is 5.34. The standard InChI is InChI=1S/C18H28N2O3S2/c1-3-12-24-14-18(21)19-16-9-8-15(2)17(13-16)25(22,23)20-10-6-4-5-7-11-20/h8-9,13H,3-7,10-12,14H2,1-2H3,(H,19,21). The molecule has 1 N–H and O–H groups in total. The van der Waals surface area contributed by atoms with E-state index in [0.717, 1.165) is 37.9 Å². The van der Waals surface area contributed by atoms with Crippen LogP contribution in [0, 0.1) is 6.92 Å². The van der Waals surface area contributed by atoms with Crippen molar-refractivity contribution >= 4 is 33.4 Å². The Labute approximate surface area is 155 Å². The van der Waals surface area contributed by atoms with Gasteiger partial charge >= 0.3 is 0 Å². The molecule has 0 unspecified atom stereocenters. The first kappa shape index (κ1) is 20.3. The summed E-state index contributed by atoms with van der Waals surface area (Å²) < 4.78 is 27.6. The second-order valence-corrected chi connectivity index (χ2v) is 9.41. The third-order valence-electron chi connectivity index (χ3n) is 4.24. The Bertz CT molecular complexity index is 682. The van der Waals surface area contributed by atoms with Crippen LogP contribution in [0.2, 0.25) is 0 Å². The van der Waals surface area contributed by atoms with Gasteiger partial charge in [-0.05, 0) is 49.6 Å². The number of anilines is 1. The van der Waals surface area contributed by atoms with Crippen LogP contribution in [0.25, 0.3) is 0 Å². The fraction of sp³-hybridized carbons (Fsp3) is 0.611. The fourth-order valence-electron chi connectivity index (χ4n) is 2.88. The van der Waals surface area contributed by atoms with Crippen molar-refractivity contribution in [2.75, 3.05) is 29.9 Å². The summed E-state index contributed by atoms with van der Waals surface area (Å²) in [6.07, 6.45) is 5.00. The molecule has 1 aromatic rings. The third kappa shape index (κ3) is 5.72. The normalized spacial score (nSPS) is 16.4. The van der Waals surface area contributed by atoms with E-state index < -0.39 is 10.0 Å². The van der Waals surface area contributed by atoms with Crippen molar-refractivity contribution in [2.24, 2.45) is 0 Å². The molecule has 5 nitrogen and oxygen atoms in total. The molecule has 1 aromatic carbocycles. The van der Waals surface area contributed by atoms with Crippen molar-refractivity contribution in [1.29, 1.82) is 0 Å². The highest BCUT2D eigenvalue weighted by Gasteiger charge is 2.27. The lowest BCUT2D eigenvalue weighted by Crippen LogP contribution is -2.32. The van der Waals surface area contributed by atoms with Crippen LogP contribution < -0.4 is 5.32 Å². The number of thioether (sulfide) groups is 1. The summed E-state index contributed by atoms with van der Waals surface area (Å²) in [5, 5.41) is 2.81. The zero-order chi connectivity index (χ0) is 18.3. The van der Waals surface area contributed by atoms with Gasteiger partial charge in [0.15, 0.2) is 0 Å². The molecule has 0 saturated carbocycles. The Morgan fingerprint density at radius 2 is 1.88 bits per heavy atom. The molecule has 0 atom stereocenters. The van der Waals surface area contributed by atoms with Crippen LogP contribution in [0.1, 0.15) is 44.6 Å². The molecule has 1 saturated heterocycles. The number of carbonyl (C=O) groups excluding carboxylic acids is 1. The number of rotatable bonds is 7. The van der Waals surface area contributed by atoms with Gasteiger partial charge < -0.3 is 5.32 Å². The van der Waals surface area contributed by atoms with Crippen LogP contribution in [0.3, 0.4) is 0 Å². The van der Waals surface area contributed by atoms with Crippen molar-refractivity contribution < 1.29 is 13.2 Å². The van der Waals surface area contributed by atoms with E-state index in [0.29, 0.717) is 35.0 Å². The van der Waals surface area contributed by atoms with E-state index in [4.69, 9.17) is 0 Å². The Morgan fingerprint density at radius 3 is 2.52 bits per heavy atom. The Kier molecular flexibility index (Phi) is 7.78. The number of amides is 1. The first-order valence-electron chi connectivity index (χ1n) is 8.93. The van der Waals surface area contributed by atoms with Gasteiger partial charge in [-0.25, -0.2) is 8.42 Å². The first-order chi connectivity index (χ1) is 11.9. The van der Waals surface area contributed by atoms with Gasteiger partial charge in [0.1, 0.15) is 0 Å². The van der Waals surface area contributed by atoms with E-state index in [1.807, 2.05) is 0 Å². The SMILES string of the molecule is CCCSCC(=O)Nc1ccc(C)c(S(=O)(=O)N2CCCCCC2)c1. The summed E-state index contributed by atoms with van der Waals surface area (Å²) in [7, 11) is -3.52. The summed E-state index contributed by atoms with van der Waals surface area (Å²) in [4.78, 5) is 12.3.